The maximum atomic E-state index is 13.1. The van der Waals surface area contributed by atoms with Crippen LogP contribution < -0.4 is 16.0 Å². The van der Waals surface area contributed by atoms with Gasteiger partial charge in [0, 0.05) is 11.7 Å². The molecule has 5 nitrogen and oxygen atoms in total. The van der Waals surface area contributed by atoms with E-state index in [9.17, 15) is 14.0 Å². The van der Waals surface area contributed by atoms with Gasteiger partial charge in [0.15, 0.2) is 0 Å². The van der Waals surface area contributed by atoms with E-state index in [0.717, 1.165) is 22.4 Å². The van der Waals surface area contributed by atoms with Crippen molar-refractivity contribution in [1.82, 2.24) is 10.6 Å². The summed E-state index contributed by atoms with van der Waals surface area (Å²) in [6.07, 6.45) is 0. The zero-order valence-electron chi connectivity index (χ0n) is 16.8. The van der Waals surface area contributed by atoms with Crippen LogP contribution in [0.25, 0.3) is 0 Å². The Morgan fingerprint density at radius 3 is 2.11 bits per heavy atom. The monoisotopic (exact) mass is 385 g/mol. The molecule has 0 saturated heterocycles. The van der Waals surface area contributed by atoms with Gasteiger partial charge in [0.05, 0.1) is 13.1 Å². The van der Waals surface area contributed by atoms with Crippen LogP contribution in [0.15, 0.2) is 42.5 Å². The molecule has 6 heteroatoms. The van der Waals surface area contributed by atoms with Crippen molar-refractivity contribution in [3.8, 4) is 0 Å². The van der Waals surface area contributed by atoms with Crippen molar-refractivity contribution in [2.75, 3.05) is 18.4 Å². The Hall–Kier alpha value is -2.73. The zero-order valence-corrected chi connectivity index (χ0v) is 16.8. The van der Waals surface area contributed by atoms with E-state index in [1.165, 1.54) is 12.1 Å². The minimum atomic E-state index is -0.293. The molecular formula is C22H28FN3O2. The Kier molecular flexibility index (Phi) is 7.70. The highest BCUT2D eigenvalue weighted by Gasteiger charge is 2.17. The topological polar surface area (TPSA) is 70.2 Å². The first-order valence-electron chi connectivity index (χ1n) is 9.39. The Morgan fingerprint density at radius 1 is 0.929 bits per heavy atom. The number of aryl methyl sites for hydroxylation is 2. The molecule has 0 aromatic heterocycles. The molecule has 3 N–H and O–H groups in total. The van der Waals surface area contributed by atoms with Gasteiger partial charge in [-0.3, -0.25) is 9.59 Å². The number of rotatable bonds is 8. The van der Waals surface area contributed by atoms with E-state index < -0.39 is 0 Å². The second-order valence-electron chi connectivity index (χ2n) is 7.25. The summed E-state index contributed by atoms with van der Waals surface area (Å²) < 4.78 is 13.1. The van der Waals surface area contributed by atoms with Crippen LogP contribution >= 0.6 is 0 Å². The number of amides is 2. The van der Waals surface area contributed by atoms with Gasteiger partial charge in [0.25, 0.3) is 0 Å². The van der Waals surface area contributed by atoms with Gasteiger partial charge in [-0.25, -0.2) is 4.39 Å². The lowest BCUT2D eigenvalue weighted by molar-refractivity contribution is -0.123. The third-order valence-corrected chi connectivity index (χ3v) is 4.57. The fourth-order valence-electron chi connectivity index (χ4n) is 3.05. The molecule has 0 radical (unpaired) electrons. The summed E-state index contributed by atoms with van der Waals surface area (Å²) in [6.45, 7) is 7.86. The molecule has 0 aliphatic rings. The normalized spacial score (nSPS) is 11.9. The second-order valence-corrected chi connectivity index (χ2v) is 7.25. The Balaban J connectivity index is 1.84. The van der Waals surface area contributed by atoms with Gasteiger partial charge >= 0.3 is 0 Å². The number of carbonyl (C=O) groups is 2. The van der Waals surface area contributed by atoms with Crippen LogP contribution in [-0.4, -0.2) is 24.9 Å². The van der Waals surface area contributed by atoms with Crippen molar-refractivity contribution in [3.05, 3.63) is 65.0 Å². The highest BCUT2D eigenvalue weighted by molar-refractivity contribution is 5.95. The molecule has 0 spiro atoms. The van der Waals surface area contributed by atoms with E-state index in [0.29, 0.717) is 0 Å². The van der Waals surface area contributed by atoms with Crippen LogP contribution in [0.5, 0.6) is 0 Å². The molecular weight excluding hydrogens is 357 g/mol. The first-order chi connectivity index (χ1) is 13.3. The highest BCUT2D eigenvalue weighted by Crippen LogP contribution is 2.21. The maximum absolute atomic E-state index is 13.1. The minimum Gasteiger partial charge on any atom is -0.346 e. The standard InChI is InChI=1S/C22H28FN3O2/c1-14(2)21(17-8-10-18(23)11-9-17)25-12-19(27)24-13-20(28)26-22-15(3)6-5-7-16(22)4/h5-11,14,21,25H,12-13H2,1-4H3,(H,24,27)(H,26,28)/t21-/m0/s1. The van der Waals surface area contributed by atoms with Gasteiger partial charge in [-0.05, 0) is 48.6 Å². The Labute approximate surface area is 165 Å². The molecule has 0 unspecified atom stereocenters. The molecule has 150 valence electrons. The van der Waals surface area contributed by atoms with Crippen LogP contribution in [0.2, 0.25) is 0 Å². The van der Waals surface area contributed by atoms with E-state index >= 15 is 0 Å². The van der Waals surface area contributed by atoms with Crippen molar-refractivity contribution < 1.29 is 14.0 Å². The lowest BCUT2D eigenvalue weighted by atomic mass is 9.96. The van der Waals surface area contributed by atoms with Crippen LogP contribution in [0.1, 0.15) is 36.6 Å². The fourth-order valence-corrected chi connectivity index (χ4v) is 3.05. The molecule has 0 fully saturated rings. The molecule has 2 aromatic rings. The van der Waals surface area contributed by atoms with Crippen molar-refractivity contribution in [2.24, 2.45) is 5.92 Å². The summed E-state index contributed by atoms with van der Waals surface area (Å²) in [6, 6.07) is 11.9. The number of para-hydroxylation sites is 1. The highest BCUT2D eigenvalue weighted by atomic mass is 19.1. The van der Waals surface area contributed by atoms with Crippen LogP contribution in [0.4, 0.5) is 10.1 Å². The number of hydrogen-bond acceptors (Lipinski definition) is 3. The smallest absolute Gasteiger partial charge is 0.243 e. The number of halogens is 1. The molecule has 28 heavy (non-hydrogen) atoms. The fraction of sp³-hybridized carbons (Fsp3) is 0.364. The largest absolute Gasteiger partial charge is 0.346 e. The summed E-state index contributed by atoms with van der Waals surface area (Å²) in [5.74, 6) is -0.626. The quantitative estimate of drug-likeness (QED) is 0.652. The first kappa shape index (κ1) is 21.6. The summed E-state index contributed by atoms with van der Waals surface area (Å²) in [7, 11) is 0. The summed E-state index contributed by atoms with van der Waals surface area (Å²) in [5.41, 5.74) is 3.63. The average Bonchev–Trinajstić information content (AvgIpc) is 2.64. The summed E-state index contributed by atoms with van der Waals surface area (Å²) >= 11 is 0. The molecule has 0 saturated carbocycles. The predicted molar refractivity (Wildman–Crippen MR) is 110 cm³/mol. The summed E-state index contributed by atoms with van der Waals surface area (Å²) in [5, 5.41) is 8.64. The van der Waals surface area contributed by atoms with Crippen molar-refractivity contribution in [2.45, 2.75) is 33.7 Å². The molecule has 2 aromatic carbocycles. The molecule has 2 rings (SSSR count). The molecule has 0 aliphatic heterocycles. The van der Waals surface area contributed by atoms with E-state index in [-0.39, 0.29) is 42.7 Å². The number of anilines is 1. The number of nitrogens with one attached hydrogen (secondary N) is 3. The number of hydrogen-bond donors (Lipinski definition) is 3. The third kappa shape index (κ3) is 6.16. The van der Waals surface area contributed by atoms with Gasteiger partial charge in [0.1, 0.15) is 5.82 Å². The third-order valence-electron chi connectivity index (χ3n) is 4.57. The van der Waals surface area contributed by atoms with Gasteiger partial charge in [-0.2, -0.15) is 0 Å². The van der Waals surface area contributed by atoms with Crippen LogP contribution in [0.3, 0.4) is 0 Å². The van der Waals surface area contributed by atoms with E-state index in [2.05, 4.69) is 16.0 Å². The number of benzene rings is 2. The summed E-state index contributed by atoms with van der Waals surface area (Å²) in [4.78, 5) is 24.3. The van der Waals surface area contributed by atoms with E-state index in [4.69, 9.17) is 0 Å². The molecule has 0 heterocycles. The lowest BCUT2D eigenvalue weighted by Gasteiger charge is -2.22. The molecule has 1 atom stereocenters. The van der Waals surface area contributed by atoms with Gasteiger partial charge in [-0.15, -0.1) is 0 Å². The van der Waals surface area contributed by atoms with Crippen molar-refractivity contribution in [1.29, 1.82) is 0 Å². The first-order valence-corrected chi connectivity index (χ1v) is 9.39. The Bertz CT molecular complexity index is 799. The van der Waals surface area contributed by atoms with Crippen LogP contribution in [-0.2, 0) is 9.59 Å². The second kappa shape index (κ2) is 9.99. The number of carbonyl (C=O) groups excluding carboxylic acids is 2. The maximum Gasteiger partial charge on any atom is 0.243 e. The van der Waals surface area contributed by atoms with Gasteiger partial charge in [-0.1, -0.05) is 44.2 Å². The van der Waals surface area contributed by atoms with Crippen LogP contribution in [0, 0.1) is 25.6 Å². The van der Waals surface area contributed by atoms with E-state index in [1.807, 2.05) is 45.9 Å². The van der Waals surface area contributed by atoms with Gasteiger partial charge < -0.3 is 16.0 Å². The minimum absolute atomic E-state index is 0.0664. The average molecular weight is 385 g/mol. The van der Waals surface area contributed by atoms with E-state index in [1.54, 1.807) is 12.1 Å². The van der Waals surface area contributed by atoms with Crippen molar-refractivity contribution in [3.63, 3.8) is 0 Å². The molecule has 0 bridgehead atoms. The molecule has 0 aliphatic carbocycles. The lowest BCUT2D eigenvalue weighted by Crippen LogP contribution is -2.40. The Morgan fingerprint density at radius 2 is 1.54 bits per heavy atom. The molecule has 2 amide bonds. The predicted octanol–water partition coefficient (Wildman–Crippen LogP) is 3.48. The van der Waals surface area contributed by atoms with Gasteiger partial charge in [0.2, 0.25) is 11.8 Å². The van der Waals surface area contributed by atoms with Crippen molar-refractivity contribution >= 4 is 17.5 Å². The SMILES string of the molecule is Cc1cccc(C)c1NC(=O)CNC(=O)CN[C@H](c1ccc(F)cc1)C(C)C. The zero-order chi connectivity index (χ0) is 20.7.